The molecular formula is C10H23N12O3P. The molecular weight excluding hydrogens is 367 g/mol. The van der Waals surface area contributed by atoms with Gasteiger partial charge in [0.1, 0.15) is 0 Å². The summed E-state index contributed by atoms with van der Waals surface area (Å²) in [4.78, 5) is 37.9. The van der Waals surface area contributed by atoms with Crippen molar-refractivity contribution in [1.82, 2.24) is 29.9 Å². The van der Waals surface area contributed by atoms with E-state index in [2.05, 4.69) is 40.5 Å². The number of nitrogens with one attached hydrogen (secondary N) is 2. The molecule has 15 nitrogen and oxygen atoms in total. The van der Waals surface area contributed by atoms with Gasteiger partial charge in [0, 0.05) is 20.3 Å². The zero-order valence-electron chi connectivity index (χ0n) is 14.4. The van der Waals surface area contributed by atoms with E-state index in [0.29, 0.717) is 11.9 Å². The Bertz CT molecular complexity index is 647. The summed E-state index contributed by atoms with van der Waals surface area (Å²) in [6, 6.07) is 0. The molecule has 0 amide bonds. The summed E-state index contributed by atoms with van der Waals surface area (Å²) < 4.78 is 9.69. The molecule has 16 heteroatoms. The van der Waals surface area contributed by atoms with Crippen LogP contribution in [0.3, 0.4) is 0 Å². The minimum atomic E-state index is -3.65. The molecule has 2 rings (SSSR count). The minimum Gasteiger partial charge on any atom is -0.368 e. The Hall–Kier alpha value is -3.03. The summed E-state index contributed by atoms with van der Waals surface area (Å²) in [7, 11) is -0.297. The van der Waals surface area contributed by atoms with Crippen molar-refractivity contribution in [3.8, 4) is 0 Å². The van der Waals surface area contributed by atoms with Gasteiger partial charge in [0.15, 0.2) is 0 Å². The van der Waals surface area contributed by atoms with E-state index in [9.17, 15) is 4.57 Å². The van der Waals surface area contributed by atoms with Gasteiger partial charge in [-0.1, -0.05) is 6.92 Å². The van der Waals surface area contributed by atoms with E-state index < -0.39 is 7.60 Å². The van der Waals surface area contributed by atoms with Crippen LogP contribution in [0, 0.1) is 0 Å². The molecule has 12 N–H and O–H groups in total. The Morgan fingerprint density at radius 1 is 0.769 bits per heavy atom. The number of aromatic nitrogens is 6. The maximum atomic E-state index is 9.69. The van der Waals surface area contributed by atoms with Gasteiger partial charge in [0.2, 0.25) is 35.7 Å². The number of rotatable bonds is 3. The van der Waals surface area contributed by atoms with E-state index >= 15 is 0 Å². The third-order valence-corrected chi connectivity index (χ3v) is 3.02. The first-order valence-corrected chi connectivity index (χ1v) is 8.74. The van der Waals surface area contributed by atoms with Crippen LogP contribution in [0.15, 0.2) is 0 Å². The normalized spacial score (nSPS) is 9.88. The lowest BCUT2D eigenvalue weighted by atomic mass is 10.8. The van der Waals surface area contributed by atoms with Crippen LogP contribution in [-0.4, -0.2) is 59.9 Å². The van der Waals surface area contributed by atoms with Crippen molar-refractivity contribution in [2.75, 3.05) is 53.8 Å². The van der Waals surface area contributed by atoms with E-state index in [1.54, 1.807) is 14.1 Å². The average molecular weight is 390 g/mol. The molecule has 0 spiro atoms. The molecule has 26 heavy (non-hydrogen) atoms. The molecule has 0 aliphatic heterocycles. The quantitative estimate of drug-likeness (QED) is 0.272. The van der Waals surface area contributed by atoms with Gasteiger partial charge in [0.05, 0.1) is 0 Å². The van der Waals surface area contributed by atoms with Gasteiger partial charge in [-0.3, -0.25) is 4.57 Å². The molecule has 2 heterocycles. The fourth-order valence-electron chi connectivity index (χ4n) is 1.04. The van der Waals surface area contributed by atoms with Crippen molar-refractivity contribution in [1.29, 1.82) is 0 Å². The summed E-state index contributed by atoms with van der Waals surface area (Å²) in [5.74, 6) is 1.25. The average Bonchev–Trinajstić information content (AvgIpc) is 2.53. The number of hydrogen-bond donors (Lipinski definition) is 8. The van der Waals surface area contributed by atoms with Crippen LogP contribution in [0.2, 0.25) is 0 Å². The van der Waals surface area contributed by atoms with Crippen LogP contribution in [0.5, 0.6) is 0 Å². The fourth-order valence-corrected chi connectivity index (χ4v) is 1.04. The van der Waals surface area contributed by atoms with Gasteiger partial charge < -0.3 is 43.4 Å². The van der Waals surface area contributed by atoms with E-state index in [1.165, 1.54) is 6.92 Å². The van der Waals surface area contributed by atoms with Crippen LogP contribution in [0.1, 0.15) is 6.92 Å². The first-order valence-electron chi connectivity index (χ1n) is 6.94. The molecule has 0 bridgehead atoms. The minimum absolute atomic E-state index is 0.0625. The molecule has 0 atom stereocenters. The van der Waals surface area contributed by atoms with Crippen LogP contribution >= 0.6 is 7.60 Å². The number of hydrogen-bond acceptors (Lipinski definition) is 13. The molecule has 0 aliphatic rings. The molecule has 0 unspecified atom stereocenters. The largest absolute Gasteiger partial charge is 0.368 e. The summed E-state index contributed by atoms with van der Waals surface area (Å²) in [5.41, 5.74) is 21.0. The van der Waals surface area contributed by atoms with Gasteiger partial charge >= 0.3 is 7.60 Å². The summed E-state index contributed by atoms with van der Waals surface area (Å²) in [6.45, 7) is 1.45. The first-order chi connectivity index (χ1) is 12.0. The zero-order valence-corrected chi connectivity index (χ0v) is 15.3. The number of nitrogen functional groups attached to an aromatic ring is 4. The topological polar surface area (TPSA) is 263 Å². The second-order valence-corrected chi connectivity index (χ2v) is 6.19. The predicted molar refractivity (Wildman–Crippen MR) is 99.0 cm³/mol. The second-order valence-electron chi connectivity index (χ2n) is 4.23. The number of nitrogens with two attached hydrogens (primary N) is 4. The van der Waals surface area contributed by atoms with Crippen LogP contribution < -0.4 is 33.6 Å². The molecule has 2 aromatic heterocycles. The molecule has 0 saturated heterocycles. The lowest BCUT2D eigenvalue weighted by Crippen LogP contribution is -2.06. The van der Waals surface area contributed by atoms with E-state index in [1.807, 2.05) is 0 Å². The highest BCUT2D eigenvalue weighted by Gasteiger charge is 2.05. The van der Waals surface area contributed by atoms with Crippen molar-refractivity contribution in [2.45, 2.75) is 6.92 Å². The molecule has 0 aliphatic carbocycles. The maximum absolute atomic E-state index is 9.69. The van der Waals surface area contributed by atoms with Crippen molar-refractivity contribution in [2.24, 2.45) is 0 Å². The van der Waals surface area contributed by atoms with Crippen molar-refractivity contribution >= 4 is 43.3 Å². The molecule has 2 aromatic rings. The van der Waals surface area contributed by atoms with Gasteiger partial charge in [-0.2, -0.15) is 29.9 Å². The van der Waals surface area contributed by atoms with Crippen molar-refractivity contribution < 1.29 is 14.4 Å². The molecule has 0 radical (unpaired) electrons. The zero-order chi connectivity index (χ0) is 20.3. The Morgan fingerprint density at radius 3 is 1.15 bits per heavy atom. The Balaban J connectivity index is 0.000000375. The summed E-state index contributed by atoms with van der Waals surface area (Å²) in [6.07, 6.45) is -0.0625. The van der Waals surface area contributed by atoms with Gasteiger partial charge in [-0.15, -0.1) is 0 Å². The van der Waals surface area contributed by atoms with Crippen LogP contribution in [0.4, 0.5) is 35.7 Å². The SMILES string of the molecule is CCP(=O)(O)O.CNc1nc(N)nc(N)n1.CNc1nc(N)nc(N)n1. The lowest BCUT2D eigenvalue weighted by molar-refractivity contribution is 0.375. The molecule has 146 valence electrons. The smallest absolute Gasteiger partial charge is 0.325 e. The highest BCUT2D eigenvalue weighted by Crippen LogP contribution is 2.32. The molecule has 0 fully saturated rings. The van der Waals surface area contributed by atoms with Crippen LogP contribution in [-0.2, 0) is 4.57 Å². The summed E-state index contributed by atoms with van der Waals surface area (Å²) in [5, 5.41) is 5.37. The number of nitrogens with zero attached hydrogens (tertiary/aromatic N) is 6. The van der Waals surface area contributed by atoms with Crippen LogP contribution in [0.25, 0.3) is 0 Å². The molecule has 0 saturated carbocycles. The van der Waals surface area contributed by atoms with Gasteiger partial charge in [0.25, 0.3) is 0 Å². The third-order valence-electron chi connectivity index (χ3n) is 2.20. The predicted octanol–water partition coefficient (Wildman–Crippen LogP) is -1.66. The van der Waals surface area contributed by atoms with E-state index in [0.717, 1.165) is 0 Å². The first kappa shape index (κ1) is 23.0. The Morgan fingerprint density at radius 2 is 1.00 bits per heavy atom. The Labute approximate surface area is 149 Å². The molecule has 0 aromatic carbocycles. The lowest BCUT2D eigenvalue weighted by Gasteiger charge is -1.98. The standard InChI is InChI=1S/2C4H8N6.C2H7O3P/c2*1-7-4-9-2(5)8-3(6)10-4;1-2-6(3,4)5/h2*1H3,(H5,5,6,7,8,9,10);2H2,1H3,(H2,3,4,5). The van der Waals surface area contributed by atoms with Crippen molar-refractivity contribution in [3.63, 3.8) is 0 Å². The fraction of sp³-hybridized carbons (Fsp3) is 0.400. The van der Waals surface area contributed by atoms with Crippen molar-refractivity contribution in [3.05, 3.63) is 0 Å². The third kappa shape index (κ3) is 10.7. The van der Waals surface area contributed by atoms with E-state index in [4.69, 9.17) is 32.7 Å². The van der Waals surface area contributed by atoms with Gasteiger partial charge in [-0.25, -0.2) is 0 Å². The maximum Gasteiger partial charge on any atom is 0.325 e. The Kier molecular flexibility index (Phi) is 9.50. The van der Waals surface area contributed by atoms with E-state index in [-0.39, 0.29) is 30.0 Å². The summed E-state index contributed by atoms with van der Waals surface area (Å²) >= 11 is 0. The highest BCUT2D eigenvalue weighted by molar-refractivity contribution is 7.51. The number of anilines is 6. The van der Waals surface area contributed by atoms with Gasteiger partial charge in [-0.05, 0) is 0 Å². The second kappa shape index (κ2) is 10.8. The highest BCUT2D eigenvalue weighted by atomic mass is 31.2. The monoisotopic (exact) mass is 390 g/mol.